The number of aromatic hydroxyl groups is 2. The molecule has 0 fully saturated rings. The lowest BCUT2D eigenvalue weighted by atomic mass is 10.1. The topological polar surface area (TPSA) is 65.4 Å². The van der Waals surface area contributed by atoms with Crippen molar-refractivity contribution in [2.24, 2.45) is 0 Å². The van der Waals surface area contributed by atoms with Crippen LogP contribution in [0.15, 0.2) is 48.7 Å². The number of fused-ring (bicyclic) bond motifs is 1. The predicted molar refractivity (Wildman–Crippen MR) is 83.9 cm³/mol. The van der Waals surface area contributed by atoms with Gasteiger partial charge in [-0.1, -0.05) is 11.6 Å². The molecule has 0 spiro atoms. The fourth-order valence-electron chi connectivity index (χ4n) is 2.17. The second-order valence-electron chi connectivity index (χ2n) is 4.66. The van der Waals surface area contributed by atoms with Crippen molar-refractivity contribution < 1.29 is 10.2 Å². The Morgan fingerprint density at radius 3 is 2.76 bits per heavy atom. The summed E-state index contributed by atoms with van der Waals surface area (Å²) in [7, 11) is 0. The highest BCUT2D eigenvalue weighted by Gasteiger charge is 2.07. The first-order valence-electron chi connectivity index (χ1n) is 6.43. The van der Waals surface area contributed by atoms with Gasteiger partial charge in [0.05, 0.1) is 16.2 Å². The third-order valence-electron chi connectivity index (χ3n) is 3.25. The number of phenolic OH excluding ortho intramolecular Hbond substituents is 2. The van der Waals surface area contributed by atoms with Crippen LogP contribution >= 0.6 is 11.6 Å². The molecule has 21 heavy (non-hydrogen) atoms. The van der Waals surface area contributed by atoms with Crippen molar-refractivity contribution in [2.75, 3.05) is 5.32 Å². The van der Waals surface area contributed by atoms with E-state index in [9.17, 15) is 10.2 Å². The lowest BCUT2D eigenvalue weighted by Crippen LogP contribution is -2.01. The number of rotatable bonds is 3. The molecule has 1 aromatic heterocycles. The van der Waals surface area contributed by atoms with Gasteiger partial charge in [-0.05, 0) is 36.4 Å². The van der Waals surface area contributed by atoms with Crippen molar-refractivity contribution >= 4 is 28.2 Å². The molecule has 3 aromatic rings. The number of aromatic nitrogens is 1. The quantitative estimate of drug-likeness (QED) is 0.686. The van der Waals surface area contributed by atoms with Crippen molar-refractivity contribution in [3.05, 3.63) is 59.2 Å². The van der Waals surface area contributed by atoms with Crippen molar-refractivity contribution in [3.63, 3.8) is 0 Å². The van der Waals surface area contributed by atoms with Gasteiger partial charge in [0.15, 0.2) is 0 Å². The first-order chi connectivity index (χ1) is 10.1. The van der Waals surface area contributed by atoms with Gasteiger partial charge >= 0.3 is 0 Å². The maximum Gasteiger partial charge on any atom is 0.124 e. The van der Waals surface area contributed by atoms with Crippen LogP contribution in [-0.2, 0) is 6.54 Å². The molecule has 0 bridgehead atoms. The molecule has 3 rings (SSSR count). The number of nitrogens with one attached hydrogen (secondary N) is 1. The summed E-state index contributed by atoms with van der Waals surface area (Å²) in [6.07, 6.45) is 1.71. The van der Waals surface area contributed by atoms with Crippen molar-refractivity contribution in [1.29, 1.82) is 0 Å². The Bertz CT molecular complexity index is 805. The summed E-state index contributed by atoms with van der Waals surface area (Å²) >= 11 is 6.15. The summed E-state index contributed by atoms with van der Waals surface area (Å²) in [6, 6.07) is 11.9. The minimum Gasteiger partial charge on any atom is -0.508 e. The second-order valence-corrected chi connectivity index (χ2v) is 5.07. The highest BCUT2D eigenvalue weighted by molar-refractivity contribution is 6.35. The van der Waals surface area contributed by atoms with Crippen molar-refractivity contribution in [2.45, 2.75) is 6.54 Å². The third-order valence-corrected chi connectivity index (χ3v) is 3.58. The number of benzene rings is 2. The molecule has 106 valence electrons. The lowest BCUT2D eigenvalue weighted by Gasteiger charge is -2.11. The number of pyridine rings is 1. The summed E-state index contributed by atoms with van der Waals surface area (Å²) < 4.78 is 0. The molecule has 0 atom stereocenters. The highest BCUT2D eigenvalue weighted by Crippen LogP contribution is 2.29. The van der Waals surface area contributed by atoms with E-state index in [4.69, 9.17) is 11.6 Å². The number of hydrogen-bond acceptors (Lipinski definition) is 4. The van der Waals surface area contributed by atoms with Crippen LogP contribution in [0, 0.1) is 0 Å². The number of hydrogen-bond donors (Lipinski definition) is 3. The van der Waals surface area contributed by atoms with Gasteiger partial charge in [-0.3, -0.25) is 4.98 Å². The van der Waals surface area contributed by atoms with E-state index >= 15 is 0 Å². The Hall–Kier alpha value is -2.46. The summed E-state index contributed by atoms with van der Waals surface area (Å²) in [4.78, 5) is 4.34. The van der Waals surface area contributed by atoms with Crippen LogP contribution < -0.4 is 5.32 Å². The summed E-state index contributed by atoms with van der Waals surface area (Å²) in [5, 5.41) is 23.8. The maximum atomic E-state index is 9.79. The maximum absolute atomic E-state index is 9.79. The Balaban J connectivity index is 1.90. The first-order valence-corrected chi connectivity index (χ1v) is 6.81. The second kappa shape index (κ2) is 5.50. The SMILES string of the molecule is Oc1ccc(CNc2ccc(Cl)c3cccnc23)c(O)c1. The predicted octanol–water partition coefficient (Wildman–Crippen LogP) is 3.91. The molecule has 3 N–H and O–H groups in total. The zero-order valence-electron chi connectivity index (χ0n) is 11.0. The largest absolute Gasteiger partial charge is 0.508 e. The van der Waals surface area contributed by atoms with E-state index in [1.807, 2.05) is 24.3 Å². The molecule has 0 aliphatic rings. The van der Waals surface area contributed by atoms with E-state index in [1.54, 1.807) is 12.3 Å². The molecular weight excluding hydrogens is 288 g/mol. The Labute approximate surface area is 126 Å². The fraction of sp³-hybridized carbons (Fsp3) is 0.0625. The number of anilines is 1. The molecule has 5 heteroatoms. The average Bonchev–Trinajstić information content (AvgIpc) is 2.48. The molecule has 0 amide bonds. The van der Waals surface area contributed by atoms with Gasteiger partial charge in [0.2, 0.25) is 0 Å². The van der Waals surface area contributed by atoms with E-state index in [0.717, 1.165) is 16.6 Å². The van der Waals surface area contributed by atoms with Crippen LogP contribution in [0.2, 0.25) is 5.02 Å². The summed E-state index contributed by atoms with van der Waals surface area (Å²) in [5.74, 6) is 0.0867. The zero-order chi connectivity index (χ0) is 14.8. The number of phenols is 2. The Morgan fingerprint density at radius 1 is 1.10 bits per heavy atom. The van der Waals surface area contributed by atoms with Gasteiger partial charge in [0, 0.05) is 29.8 Å². The zero-order valence-corrected chi connectivity index (χ0v) is 11.8. The summed E-state index contributed by atoms with van der Waals surface area (Å²) in [6.45, 7) is 0.416. The van der Waals surface area contributed by atoms with E-state index in [0.29, 0.717) is 17.1 Å². The molecule has 1 heterocycles. The standard InChI is InChI=1S/C16H13ClN2O2/c17-13-5-6-14(16-12(13)2-1-7-18-16)19-9-10-3-4-11(20)8-15(10)21/h1-8,19-21H,9H2. The first kappa shape index (κ1) is 13.5. The van der Waals surface area contributed by atoms with Crippen molar-refractivity contribution in [1.82, 2.24) is 4.98 Å². The van der Waals surface area contributed by atoms with E-state index in [2.05, 4.69) is 10.3 Å². The lowest BCUT2D eigenvalue weighted by molar-refractivity contribution is 0.446. The highest BCUT2D eigenvalue weighted by atomic mass is 35.5. The van der Waals surface area contributed by atoms with E-state index < -0.39 is 0 Å². The minimum atomic E-state index is 0.0369. The van der Waals surface area contributed by atoms with Gasteiger partial charge in [0.25, 0.3) is 0 Å². The molecule has 0 radical (unpaired) electrons. The van der Waals surface area contributed by atoms with Crippen LogP contribution in [0.1, 0.15) is 5.56 Å². The van der Waals surface area contributed by atoms with Crippen LogP contribution in [-0.4, -0.2) is 15.2 Å². The normalized spacial score (nSPS) is 10.7. The molecule has 0 unspecified atom stereocenters. The van der Waals surface area contributed by atoms with Gasteiger partial charge in [-0.15, -0.1) is 0 Å². The molecule has 2 aromatic carbocycles. The fourth-order valence-corrected chi connectivity index (χ4v) is 2.39. The Kier molecular flexibility index (Phi) is 3.54. The van der Waals surface area contributed by atoms with E-state index in [1.165, 1.54) is 12.1 Å². The molecule has 4 nitrogen and oxygen atoms in total. The van der Waals surface area contributed by atoms with Gasteiger partial charge in [-0.2, -0.15) is 0 Å². The van der Waals surface area contributed by atoms with Crippen LogP contribution in [0.5, 0.6) is 11.5 Å². The van der Waals surface area contributed by atoms with Gasteiger partial charge in [-0.25, -0.2) is 0 Å². The molecule has 0 aliphatic carbocycles. The molecule has 0 aliphatic heterocycles. The third kappa shape index (κ3) is 2.71. The van der Waals surface area contributed by atoms with Crippen LogP contribution in [0.3, 0.4) is 0 Å². The van der Waals surface area contributed by atoms with E-state index in [-0.39, 0.29) is 11.5 Å². The molecule has 0 saturated heterocycles. The number of halogens is 1. The molecule has 0 saturated carbocycles. The summed E-state index contributed by atoms with van der Waals surface area (Å²) in [5.41, 5.74) is 2.30. The number of nitrogens with zero attached hydrogens (tertiary/aromatic N) is 1. The monoisotopic (exact) mass is 300 g/mol. The smallest absolute Gasteiger partial charge is 0.124 e. The average molecular weight is 301 g/mol. The Morgan fingerprint density at radius 2 is 1.95 bits per heavy atom. The molecular formula is C16H13ClN2O2. The van der Waals surface area contributed by atoms with Crippen LogP contribution in [0.4, 0.5) is 5.69 Å². The van der Waals surface area contributed by atoms with Gasteiger partial charge in [0.1, 0.15) is 11.5 Å². The van der Waals surface area contributed by atoms with Gasteiger partial charge < -0.3 is 15.5 Å². The van der Waals surface area contributed by atoms with Crippen molar-refractivity contribution in [3.8, 4) is 11.5 Å². The van der Waals surface area contributed by atoms with Crippen LogP contribution in [0.25, 0.3) is 10.9 Å². The minimum absolute atomic E-state index is 0.0369.